The zero-order chi connectivity index (χ0) is 9.10. The highest BCUT2D eigenvalue weighted by atomic mass is 16.7. The molecular weight excluding hydrogens is 168 g/mol. The molecule has 0 aromatic heterocycles. The third-order valence-corrected chi connectivity index (χ3v) is 2.49. The van der Waals surface area contributed by atoms with Crippen LogP contribution in [0.1, 0.15) is 25.7 Å². The Labute approximate surface area is 78.3 Å². The summed E-state index contributed by atoms with van der Waals surface area (Å²) in [7, 11) is 0. The number of ether oxygens (including phenoxy) is 2. The Kier molecular flexibility index (Phi) is 2.98. The summed E-state index contributed by atoms with van der Waals surface area (Å²) in [5.74, 6) is 0. The van der Waals surface area contributed by atoms with Gasteiger partial charge in [0.1, 0.15) is 0 Å². The highest BCUT2D eigenvalue weighted by Crippen LogP contribution is 2.20. The highest BCUT2D eigenvalue weighted by molar-refractivity contribution is 5.03. The largest absolute Gasteiger partial charge is 0.389 e. The van der Waals surface area contributed by atoms with Gasteiger partial charge < -0.3 is 14.6 Å². The molecule has 0 aromatic carbocycles. The van der Waals surface area contributed by atoms with E-state index in [0.29, 0.717) is 6.42 Å². The molecule has 74 valence electrons. The van der Waals surface area contributed by atoms with Gasteiger partial charge in [0, 0.05) is 13.0 Å². The Morgan fingerprint density at radius 1 is 1.31 bits per heavy atom. The average Bonchev–Trinajstić information content (AvgIpc) is 2.53. The second kappa shape index (κ2) is 4.22. The first kappa shape index (κ1) is 9.19. The van der Waals surface area contributed by atoms with Crippen molar-refractivity contribution in [1.29, 1.82) is 0 Å². The van der Waals surface area contributed by atoms with Crippen LogP contribution in [0, 0.1) is 0 Å². The quantitative estimate of drug-likeness (QED) is 0.656. The molecule has 0 saturated carbocycles. The van der Waals surface area contributed by atoms with Crippen LogP contribution in [0.3, 0.4) is 0 Å². The minimum absolute atomic E-state index is 0.0475. The van der Waals surface area contributed by atoms with Crippen molar-refractivity contribution in [3.8, 4) is 0 Å². The second-order valence-electron chi connectivity index (χ2n) is 3.66. The van der Waals surface area contributed by atoms with E-state index in [1.54, 1.807) is 6.08 Å². The number of aliphatic hydroxyl groups is 1. The van der Waals surface area contributed by atoms with Gasteiger partial charge in [0.05, 0.1) is 12.2 Å². The van der Waals surface area contributed by atoms with Crippen molar-refractivity contribution in [3.05, 3.63) is 12.2 Å². The first-order chi connectivity index (χ1) is 6.34. The fourth-order valence-electron chi connectivity index (χ4n) is 1.76. The zero-order valence-corrected chi connectivity index (χ0v) is 7.69. The Hall–Kier alpha value is -0.380. The van der Waals surface area contributed by atoms with E-state index in [0.717, 1.165) is 19.4 Å². The standard InChI is InChI=1S/C10H16O3/c11-8-4-5-9(7-8)13-10-3-1-2-6-12-10/h4-5,8-11H,1-3,6-7H2/t8-,9+,10?/m1/s1. The molecular formula is C10H16O3. The maximum absolute atomic E-state index is 9.22. The Morgan fingerprint density at radius 3 is 2.85 bits per heavy atom. The lowest BCUT2D eigenvalue weighted by atomic mass is 10.2. The lowest BCUT2D eigenvalue weighted by Gasteiger charge is -2.25. The average molecular weight is 184 g/mol. The maximum Gasteiger partial charge on any atom is 0.158 e. The summed E-state index contributed by atoms with van der Waals surface area (Å²) in [5, 5.41) is 9.22. The number of rotatable bonds is 2. The molecule has 3 nitrogen and oxygen atoms in total. The van der Waals surface area contributed by atoms with Crippen LogP contribution in [-0.4, -0.2) is 30.2 Å². The maximum atomic E-state index is 9.22. The monoisotopic (exact) mass is 184 g/mol. The van der Waals surface area contributed by atoms with E-state index in [1.165, 1.54) is 6.42 Å². The molecule has 1 fully saturated rings. The highest BCUT2D eigenvalue weighted by Gasteiger charge is 2.22. The molecule has 0 spiro atoms. The van der Waals surface area contributed by atoms with E-state index in [2.05, 4.69) is 0 Å². The molecule has 0 amide bonds. The third-order valence-electron chi connectivity index (χ3n) is 2.49. The third kappa shape index (κ3) is 2.53. The van der Waals surface area contributed by atoms with Gasteiger partial charge in [-0.2, -0.15) is 0 Å². The van der Waals surface area contributed by atoms with Crippen molar-refractivity contribution in [2.24, 2.45) is 0 Å². The van der Waals surface area contributed by atoms with E-state index in [9.17, 15) is 5.11 Å². The summed E-state index contributed by atoms with van der Waals surface area (Å²) >= 11 is 0. The molecule has 2 rings (SSSR count). The van der Waals surface area contributed by atoms with E-state index in [-0.39, 0.29) is 18.5 Å². The topological polar surface area (TPSA) is 38.7 Å². The van der Waals surface area contributed by atoms with Crippen molar-refractivity contribution in [2.45, 2.75) is 44.2 Å². The summed E-state index contributed by atoms with van der Waals surface area (Å²) in [6, 6.07) is 0. The fraction of sp³-hybridized carbons (Fsp3) is 0.800. The van der Waals surface area contributed by atoms with Crippen LogP contribution in [0.2, 0.25) is 0 Å². The molecule has 0 radical (unpaired) electrons. The van der Waals surface area contributed by atoms with Crippen LogP contribution in [0.4, 0.5) is 0 Å². The Morgan fingerprint density at radius 2 is 2.23 bits per heavy atom. The van der Waals surface area contributed by atoms with Gasteiger partial charge in [-0.3, -0.25) is 0 Å². The minimum atomic E-state index is -0.325. The number of hydrogen-bond acceptors (Lipinski definition) is 3. The predicted molar refractivity (Wildman–Crippen MR) is 48.2 cm³/mol. The summed E-state index contributed by atoms with van der Waals surface area (Å²) in [6.07, 6.45) is 7.38. The molecule has 3 atom stereocenters. The van der Waals surface area contributed by atoms with Gasteiger partial charge >= 0.3 is 0 Å². The summed E-state index contributed by atoms with van der Waals surface area (Å²) in [6.45, 7) is 0.809. The molecule has 3 heteroatoms. The molecule has 1 unspecified atom stereocenters. The molecule has 2 aliphatic rings. The van der Waals surface area contributed by atoms with E-state index >= 15 is 0 Å². The van der Waals surface area contributed by atoms with Crippen LogP contribution in [0.5, 0.6) is 0 Å². The van der Waals surface area contributed by atoms with Crippen LogP contribution in [-0.2, 0) is 9.47 Å². The van der Waals surface area contributed by atoms with E-state index < -0.39 is 0 Å². The van der Waals surface area contributed by atoms with Crippen LogP contribution < -0.4 is 0 Å². The normalized spacial score (nSPS) is 39.6. The van der Waals surface area contributed by atoms with E-state index in [1.807, 2.05) is 6.08 Å². The van der Waals surface area contributed by atoms with Gasteiger partial charge in [0.2, 0.25) is 0 Å². The van der Waals surface area contributed by atoms with Crippen molar-refractivity contribution in [1.82, 2.24) is 0 Å². The summed E-state index contributed by atoms with van der Waals surface area (Å²) < 4.78 is 11.1. The molecule has 1 N–H and O–H groups in total. The van der Waals surface area contributed by atoms with Gasteiger partial charge in [-0.1, -0.05) is 12.2 Å². The molecule has 1 aliphatic heterocycles. The smallest absolute Gasteiger partial charge is 0.158 e. The van der Waals surface area contributed by atoms with Crippen LogP contribution >= 0.6 is 0 Å². The lowest BCUT2D eigenvalue weighted by Crippen LogP contribution is -2.26. The summed E-state index contributed by atoms with van der Waals surface area (Å²) in [4.78, 5) is 0. The Bertz CT molecular complexity index is 185. The predicted octanol–water partition coefficient (Wildman–Crippen LogP) is 1.22. The molecule has 0 aromatic rings. The molecule has 1 heterocycles. The van der Waals surface area contributed by atoms with Gasteiger partial charge in [-0.25, -0.2) is 0 Å². The van der Waals surface area contributed by atoms with Gasteiger partial charge in [-0.05, 0) is 19.3 Å². The van der Waals surface area contributed by atoms with Gasteiger partial charge in [-0.15, -0.1) is 0 Å². The summed E-state index contributed by atoms with van der Waals surface area (Å²) in [5.41, 5.74) is 0. The first-order valence-corrected chi connectivity index (χ1v) is 4.98. The van der Waals surface area contributed by atoms with Crippen molar-refractivity contribution < 1.29 is 14.6 Å². The molecule has 1 aliphatic carbocycles. The number of aliphatic hydroxyl groups excluding tert-OH is 1. The first-order valence-electron chi connectivity index (χ1n) is 4.98. The van der Waals surface area contributed by atoms with Crippen molar-refractivity contribution >= 4 is 0 Å². The van der Waals surface area contributed by atoms with Gasteiger partial charge in [0.15, 0.2) is 6.29 Å². The lowest BCUT2D eigenvalue weighted by molar-refractivity contribution is -0.179. The SMILES string of the molecule is O[C@@H]1C=C[C@H](OC2CCCCO2)C1. The van der Waals surface area contributed by atoms with E-state index in [4.69, 9.17) is 9.47 Å². The Balaban J connectivity index is 1.74. The van der Waals surface area contributed by atoms with Gasteiger partial charge in [0.25, 0.3) is 0 Å². The fourth-order valence-corrected chi connectivity index (χ4v) is 1.76. The zero-order valence-electron chi connectivity index (χ0n) is 7.69. The second-order valence-corrected chi connectivity index (χ2v) is 3.66. The van der Waals surface area contributed by atoms with Crippen molar-refractivity contribution in [3.63, 3.8) is 0 Å². The van der Waals surface area contributed by atoms with Crippen molar-refractivity contribution in [2.75, 3.05) is 6.61 Å². The van der Waals surface area contributed by atoms with Crippen LogP contribution in [0.15, 0.2) is 12.2 Å². The molecule has 13 heavy (non-hydrogen) atoms. The molecule has 1 saturated heterocycles. The van der Waals surface area contributed by atoms with Crippen LogP contribution in [0.25, 0.3) is 0 Å². The minimum Gasteiger partial charge on any atom is -0.389 e. The number of hydrogen-bond donors (Lipinski definition) is 1. The molecule has 0 bridgehead atoms.